The van der Waals surface area contributed by atoms with Crippen molar-refractivity contribution in [3.63, 3.8) is 0 Å². The van der Waals surface area contributed by atoms with Crippen molar-refractivity contribution < 1.29 is 38.7 Å². The molecular formula is C29H37IN2O8. The highest BCUT2D eigenvalue weighted by Crippen LogP contribution is 2.31. The number of aliphatic hydroxyl groups is 2. The molecule has 0 radical (unpaired) electrons. The second kappa shape index (κ2) is 15.8. The Balaban J connectivity index is 1.95. The zero-order valence-electron chi connectivity index (χ0n) is 23.0. The smallest absolute Gasteiger partial charge is 0.247 e. The van der Waals surface area contributed by atoms with Gasteiger partial charge in [-0.1, -0.05) is 12.1 Å². The minimum absolute atomic E-state index is 0.0810. The van der Waals surface area contributed by atoms with E-state index >= 15 is 0 Å². The number of carbonyl (C=O) groups excluding carboxylic acids is 2. The van der Waals surface area contributed by atoms with Gasteiger partial charge in [0.05, 0.1) is 43.5 Å². The summed E-state index contributed by atoms with van der Waals surface area (Å²) in [5.74, 6) is 1.25. The summed E-state index contributed by atoms with van der Waals surface area (Å²) >= 11 is 2.14. The number of carbonyl (C=O) groups is 2. The number of nitrogens with one attached hydrogen (secondary N) is 1. The van der Waals surface area contributed by atoms with Crippen molar-refractivity contribution >= 4 is 34.4 Å². The van der Waals surface area contributed by atoms with Gasteiger partial charge in [-0.05, 0) is 71.0 Å². The number of nitrogens with zero attached hydrogens (tertiary/aromatic N) is 1. The number of ether oxygens (including phenoxy) is 4. The Morgan fingerprint density at radius 1 is 1.10 bits per heavy atom. The number of hydrogen-bond acceptors (Lipinski definition) is 8. The number of hydrogen-bond donors (Lipinski definition) is 3. The van der Waals surface area contributed by atoms with E-state index in [4.69, 9.17) is 18.9 Å². The van der Waals surface area contributed by atoms with Gasteiger partial charge in [-0.25, -0.2) is 0 Å². The maximum Gasteiger partial charge on any atom is 0.247 e. The normalized spacial score (nSPS) is 18.4. The summed E-state index contributed by atoms with van der Waals surface area (Å²) in [6.07, 6.45) is 0.211. The van der Waals surface area contributed by atoms with E-state index in [2.05, 4.69) is 27.9 Å². The first kappa shape index (κ1) is 31.7. The molecule has 0 spiro atoms. The van der Waals surface area contributed by atoms with Crippen LogP contribution in [0.1, 0.15) is 18.4 Å². The van der Waals surface area contributed by atoms with Gasteiger partial charge in [0.25, 0.3) is 0 Å². The fraction of sp³-hybridized carbons (Fsp3) is 0.448. The quantitative estimate of drug-likeness (QED) is 0.262. The van der Waals surface area contributed by atoms with Gasteiger partial charge < -0.3 is 39.4 Å². The SMILES string of the molecule is COCCC(=O)N(CCc1cc(OC)ccc1OC)[C@@H]1CC(C(=O)NCCO)=C[C@H](Oc2ccccc2I)[C@H]1O. The largest absolute Gasteiger partial charge is 0.497 e. The Labute approximate surface area is 248 Å². The summed E-state index contributed by atoms with van der Waals surface area (Å²) in [5.41, 5.74) is 1.20. The van der Waals surface area contributed by atoms with Crippen LogP contribution in [0.25, 0.3) is 0 Å². The van der Waals surface area contributed by atoms with Gasteiger partial charge in [-0.3, -0.25) is 9.59 Å². The molecule has 0 saturated carbocycles. The molecule has 3 rings (SSSR count). The lowest BCUT2D eigenvalue weighted by molar-refractivity contribution is -0.139. The monoisotopic (exact) mass is 668 g/mol. The first-order valence-corrected chi connectivity index (χ1v) is 14.1. The molecule has 11 heteroatoms. The molecule has 1 aliphatic carbocycles. The highest BCUT2D eigenvalue weighted by Gasteiger charge is 2.40. The summed E-state index contributed by atoms with van der Waals surface area (Å²) in [4.78, 5) is 28.1. The number of para-hydroxylation sites is 1. The number of amides is 2. The van der Waals surface area contributed by atoms with Crippen molar-refractivity contribution in [1.29, 1.82) is 0 Å². The van der Waals surface area contributed by atoms with E-state index in [0.29, 0.717) is 29.2 Å². The molecule has 218 valence electrons. The lowest BCUT2D eigenvalue weighted by Gasteiger charge is -2.40. The van der Waals surface area contributed by atoms with Crippen LogP contribution in [-0.2, 0) is 20.7 Å². The standard InChI is InChI=1S/C29H37IN2O8/c1-37-15-11-27(34)32(13-10-19-16-21(38-2)8-9-24(19)39-3)23-17-20(29(36)31-12-14-33)18-26(28(23)35)40-25-7-5-4-6-22(25)30/h4-9,16,18,23,26,28,33,35H,10-15,17H2,1-3H3,(H,31,36)/t23-,26+,28+/m1/s1. The highest BCUT2D eigenvalue weighted by molar-refractivity contribution is 14.1. The maximum atomic E-state index is 13.5. The van der Waals surface area contributed by atoms with Gasteiger partial charge in [0.1, 0.15) is 29.5 Å². The van der Waals surface area contributed by atoms with E-state index in [-0.39, 0.29) is 51.0 Å². The topological polar surface area (TPSA) is 127 Å². The molecule has 0 heterocycles. The summed E-state index contributed by atoms with van der Waals surface area (Å²) in [7, 11) is 4.67. The number of benzene rings is 2. The molecule has 1 aliphatic rings. The average molecular weight is 669 g/mol. The Kier molecular flexibility index (Phi) is 12.5. The molecule has 3 atom stereocenters. The Hall–Kier alpha value is -2.87. The second-order valence-corrected chi connectivity index (χ2v) is 10.4. The third-order valence-corrected chi connectivity index (χ3v) is 7.56. The van der Waals surface area contributed by atoms with Crippen molar-refractivity contribution in [3.8, 4) is 17.2 Å². The van der Waals surface area contributed by atoms with Gasteiger partial charge in [0, 0.05) is 32.2 Å². The third kappa shape index (κ3) is 8.32. The van der Waals surface area contributed by atoms with E-state index in [1.165, 1.54) is 7.11 Å². The van der Waals surface area contributed by atoms with Crippen LogP contribution >= 0.6 is 22.6 Å². The third-order valence-electron chi connectivity index (χ3n) is 6.66. The molecule has 0 fully saturated rings. The zero-order chi connectivity index (χ0) is 29.1. The molecular weight excluding hydrogens is 631 g/mol. The van der Waals surface area contributed by atoms with E-state index in [0.717, 1.165) is 9.13 Å². The van der Waals surface area contributed by atoms with Crippen LogP contribution in [0.3, 0.4) is 0 Å². The molecule has 2 amide bonds. The van der Waals surface area contributed by atoms with Crippen molar-refractivity contribution in [2.45, 2.75) is 37.5 Å². The highest BCUT2D eigenvalue weighted by atomic mass is 127. The molecule has 0 saturated heterocycles. The van der Waals surface area contributed by atoms with Crippen LogP contribution in [0.5, 0.6) is 17.2 Å². The molecule has 3 N–H and O–H groups in total. The fourth-order valence-electron chi connectivity index (χ4n) is 4.59. The minimum Gasteiger partial charge on any atom is -0.497 e. The number of aliphatic hydroxyl groups excluding tert-OH is 2. The average Bonchev–Trinajstić information content (AvgIpc) is 2.97. The summed E-state index contributed by atoms with van der Waals surface area (Å²) in [6.45, 7) is 0.326. The van der Waals surface area contributed by atoms with Crippen LogP contribution in [0.4, 0.5) is 0 Å². The number of rotatable bonds is 14. The molecule has 0 aliphatic heterocycles. The van der Waals surface area contributed by atoms with Crippen LogP contribution in [-0.4, -0.2) is 92.8 Å². The van der Waals surface area contributed by atoms with Crippen molar-refractivity contribution in [3.05, 3.63) is 63.2 Å². The molecule has 2 aromatic carbocycles. The van der Waals surface area contributed by atoms with Gasteiger partial charge >= 0.3 is 0 Å². The first-order chi connectivity index (χ1) is 19.3. The molecule has 10 nitrogen and oxygen atoms in total. The summed E-state index contributed by atoms with van der Waals surface area (Å²) in [6, 6.07) is 12.1. The van der Waals surface area contributed by atoms with Gasteiger partial charge in [-0.2, -0.15) is 0 Å². The lowest BCUT2D eigenvalue weighted by atomic mass is 9.87. The van der Waals surface area contributed by atoms with E-state index in [1.54, 1.807) is 43.4 Å². The number of halogens is 1. The van der Waals surface area contributed by atoms with Gasteiger partial charge in [0.15, 0.2) is 0 Å². The minimum atomic E-state index is -1.12. The van der Waals surface area contributed by atoms with E-state index < -0.39 is 18.2 Å². The van der Waals surface area contributed by atoms with Gasteiger partial charge in [0.2, 0.25) is 11.8 Å². The number of methoxy groups -OCH3 is 3. The molecule has 0 bridgehead atoms. The Bertz CT molecular complexity index is 1170. The Morgan fingerprint density at radius 2 is 1.88 bits per heavy atom. The second-order valence-electron chi connectivity index (χ2n) is 9.20. The molecule has 0 unspecified atom stereocenters. The maximum absolute atomic E-state index is 13.5. The van der Waals surface area contributed by atoms with Crippen LogP contribution < -0.4 is 19.5 Å². The zero-order valence-corrected chi connectivity index (χ0v) is 25.1. The first-order valence-electron chi connectivity index (χ1n) is 13.0. The molecule has 40 heavy (non-hydrogen) atoms. The van der Waals surface area contributed by atoms with Crippen LogP contribution in [0.15, 0.2) is 54.1 Å². The summed E-state index contributed by atoms with van der Waals surface area (Å²) < 4.78 is 23.1. The van der Waals surface area contributed by atoms with Crippen LogP contribution in [0.2, 0.25) is 0 Å². The van der Waals surface area contributed by atoms with E-state index in [1.807, 2.05) is 24.3 Å². The predicted octanol–water partition coefficient (Wildman–Crippen LogP) is 2.33. The van der Waals surface area contributed by atoms with Gasteiger partial charge in [-0.15, -0.1) is 0 Å². The fourth-order valence-corrected chi connectivity index (χ4v) is 5.11. The van der Waals surface area contributed by atoms with E-state index in [9.17, 15) is 19.8 Å². The predicted molar refractivity (Wildman–Crippen MR) is 158 cm³/mol. The van der Waals surface area contributed by atoms with Crippen molar-refractivity contribution in [2.75, 3.05) is 47.6 Å². The lowest BCUT2D eigenvalue weighted by Crippen LogP contribution is -2.55. The molecule has 2 aromatic rings. The molecule has 0 aromatic heterocycles. The van der Waals surface area contributed by atoms with Crippen molar-refractivity contribution in [2.24, 2.45) is 0 Å². The Morgan fingerprint density at radius 3 is 2.55 bits per heavy atom. The van der Waals surface area contributed by atoms with Crippen molar-refractivity contribution in [1.82, 2.24) is 10.2 Å². The van der Waals surface area contributed by atoms with Crippen LogP contribution in [0, 0.1) is 3.57 Å². The summed E-state index contributed by atoms with van der Waals surface area (Å²) in [5, 5.41) is 23.4.